The SMILES string of the molecule is CCC(C)NC(=O)c1cccc(CNC(=O)c2cnc(C)cn2)c1. The van der Waals surface area contributed by atoms with Crippen molar-refractivity contribution in [2.75, 3.05) is 0 Å². The van der Waals surface area contributed by atoms with Crippen LogP contribution < -0.4 is 10.6 Å². The molecule has 2 amide bonds. The van der Waals surface area contributed by atoms with Crippen molar-refractivity contribution in [3.8, 4) is 0 Å². The van der Waals surface area contributed by atoms with Gasteiger partial charge in [0.15, 0.2) is 0 Å². The number of aryl methyl sites for hydroxylation is 1. The Morgan fingerprint density at radius 3 is 2.62 bits per heavy atom. The summed E-state index contributed by atoms with van der Waals surface area (Å²) in [6, 6.07) is 7.33. The molecule has 126 valence electrons. The summed E-state index contributed by atoms with van der Waals surface area (Å²) < 4.78 is 0. The van der Waals surface area contributed by atoms with Crippen LogP contribution in [0.15, 0.2) is 36.7 Å². The van der Waals surface area contributed by atoms with Gasteiger partial charge in [-0.1, -0.05) is 19.1 Å². The Morgan fingerprint density at radius 2 is 1.96 bits per heavy atom. The number of hydrogen-bond acceptors (Lipinski definition) is 4. The first-order valence-electron chi connectivity index (χ1n) is 7.96. The minimum Gasteiger partial charge on any atom is -0.350 e. The van der Waals surface area contributed by atoms with Crippen LogP contribution in [-0.4, -0.2) is 27.8 Å². The van der Waals surface area contributed by atoms with Crippen LogP contribution in [-0.2, 0) is 6.54 Å². The Labute approximate surface area is 141 Å². The number of nitrogens with zero attached hydrogens (tertiary/aromatic N) is 2. The van der Waals surface area contributed by atoms with E-state index in [0.29, 0.717) is 12.1 Å². The summed E-state index contributed by atoms with van der Waals surface area (Å²) in [4.78, 5) is 32.3. The summed E-state index contributed by atoms with van der Waals surface area (Å²) in [6.45, 7) is 6.11. The first-order valence-corrected chi connectivity index (χ1v) is 7.96. The lowest BCUT2D eigenvalue weighted by Gasteiger charge is -2.12. The minimum absolute atomic E-state index is 0.109. The van der Waals surface area contributed by atoms with Gasteiger partial charge in [-0.3, -0.25) is 14.6 Å². The van der Waals surface area contributed by atoms with E-state index in [2.05, 4.69) is 20.6 Å². The standard InChI is InChI=1S/C18H22N4O2/c1-4-12(2)22-17(23)15-7-5-6-14(8-15)10-21-18(24)16-11-19-13(3)9-20-16/h5-9,11-12H,4,10H2,1-3H3,(H,21,24)(H,22,23). The van der Waals surface area contributed by atoms with Gasteiger partial charge in [-0.2, -0.15) is 0 Å². The molecule has 1 aromatic carbocycles. The highest BCUT2D eigenvalue weighted by Gasteiger charge is 2.10. The maximum atomic E-state index is 12.1. The molecule has 6 heteroatoms. The Balaban J connectivity index is 1.98. The zero-order chi connectivity index (χ0) is 17.5. The third kappa shape index (κ3) is 4.87. The number of aromatic nitrogens is 2. The molecule has 0 saturated heterocycles. The minimum atomic E-state index is -0.294. The summed E-state index contributed by atoms with van der Waals surface area (Å²) in [6.07, 6.45) is 3.87. The van der Waals surface area contributed by atoms with Gasteiger partial charge in [0.05, 0.1) is 11.9 Å². The molecule has 0 aliphatic carbocycles. The third-order valence-electron chi connectivity index (χ3n) is 3.65. The lowest BCUT2D eigenvalue weighted by molar-refractivity contribution is 0.0935. The van der Waals surface area contributed by atoms with Crippen LogP contribution >= 0.6 is 0 Å². The second-order valence-electron chi connectivity index (χ2n) is 5.71. The van der Waals surface area contributed by atoms with Crippen molar-refractivity contribution in [2.45, 2.75) is 39.8 Å². The average Bonchev–Trinajstić information content (AvgIpc) is 2.60. The fourth-order valence-corrected chi connectivity index (χ4v) is 2.01. The highest BCUT2D eigenvalue weighted by atomic mass is 16.2. The van der Waals surface area contributed by atoms with E-state index < -0.39 is 0 Å². The van der Waals surface area contributed by atoms with Crippen LogP contribution in [0, 0.1) is 6.92 Å². The van der Waals surface area contributed by atoms with Crippen LogP contribution in [0.4, 0.5) is 0 Å². The molecule has 2 N–H and O–H groups in total. The smallest absolute Gasteiger partial charge is 0.271 e. The molecule has 0 aliphatic rings. The molecule has 0 bridgehead atoms. The number of carbonyl (C=O) groups excluding carboxylic acids is 2. The number of carbonyl (C=O) groups is 2. The molecule has 0 spiro atoms. The van der Waals surface area contributed by atoms with Crippen molar-refractivity contribution in [3.63, 3.8) is 0 Å². The Hall–Kier alpha value is -2.76. The second-order valence-corrected chi connectivity index (χ2v) is 5.71. The van der Waals surface area contributed by atoms with Crippen LogP contribution in [0.3, 0.4) is 0 Å². The molecule has 2 aromatic rings. The van der Waals surface area contributed by atoms with Gasteiger partial charge in [-0.15, -0.1) is 0 Å². The maximum Gasteiger partial charge on any atom is 0.271 e. The van der Waals surface area contributed by atoms with E-state index in [0.717, 1.165) is 17.7 Å². The summed E-state index contributed by atoms with van der Waals surface area (Å²) >= 11 is 0. The number of nitrogens with one attached hydrogen (secondary N) is 2. The Morgan fingerprint density at radius 1 is 1.17 bits per heavy atom. The number of rotatable bonds is 6. The van der Waals surface area contributed by atoms with Gasteiger partial charge in [0.1, 0.15) is 5.69 Å². The summed E-state index contributed by atoms with van der Waals surface area (Å²) in [5.41, 5.74) is 2.45. The first-order chi connectivity index (χ1) is 11.5. The lowest BCUT2D eigenvalue weighted by atomic mass is 10.1. The molecule has 0 fully saturated rings. The number of amides is 2. The Bertz CT molecular complexity index is 713. The largest absolute Gasteiger partial charge is 0.350 e. The molecule has 0 saturated carbocycles. The molecule has 1 unspecified atom stereocenters. The molecule has 0 radical (unpaired) electrons. The summed E-state index contributed by atoms with van der Waals surface area (Å²) in [5, 5.41) is 5.70. The molecule has 2 rings (SSSR count). The van der Waals surface area contributed by atoms with Gasteiger partial charge >= 0.3 is 0 Å². The van der Waals surface area contributed by atoms with Crippen molar-refractivity contribution < 1.29 is 9.59 Å². The zero-order valence-electron chi connectivity index (χ0n) is 14.2. The fourth-order valence-electron chi connectivity index (χ4n) is 2.01. The third-order valence-corrected chi connectivity index (χ3v) is 3.65. The van der Waals surface area contributed by atoms with Crippen molar-refractivity contribution in [1.82, 2.24) is 20.6 Å². The van der Waals surface area contributed by atoms with Gasteiger partial charge in [0.25, 0.3) is 11.8 Å². The van der Waals surface area contributed by atoms with Gasteiger partial charge < -0.3 is 10.6 Å². The molecule has 1 heterocycles. The van der Waals surface area contributed by atoms with Crippen LogP contribution in [0.5, 0.6) is 0 Å². The van der Waals surface area contributed by atoms with Gasteiger partial charge in [0, 0.05) is 24.3 Å². The van der Waals surface area contributed by atoms with Crippen LogP contribution in [0.2, 0.25) is 0 Å². The molecule has 24 heavy (non-hydrogen) atoms. The van der Waals surface area contributed by atoms with Gasteiger partial charge in [0.2, 0.25) is 0 Å². The molecule has 6 nitrogen and oxygen atoms in total. The molecule has 0 aliphatic heterocycles. The van der Waals surface area contributed by atoms with Crippen LogP contribution in [0.1, 0.15) is 52.4 Å². The highest BCUT2D eigenvalue weighted by molar-refractivity contribution is 5.94. The monoisotopic (exact) mass is 326 g/mol. The van der Waals surface area contributed by atoms with E-state index in [1.807, 2.05) is 26.8 Å². The van der Waals surface area contributed by atoms with Crippen molar-refractivity contribution in [1.29, 1.82) is 0 Å². The van der Waals surface area contributed by atoms with E-state index in [1.165, 1.54) is 6.20 Å². The zero-order valence-corrected chi connectivity index (χ0v) is 14.2. The van der Waals surface area contributed by atoms with E-state index in [9.17, 15) is 9.59 Å². The lowest BCUT2D eigenvalue weighted by Crippen LogP contribution is -2.32. The summed E-state index contributed by atoms with van der Waals surface area (Å²) in [5.74, 6) is -0.404. The molecule has 1 atom stereocenters. The Kier molecular flexibility index (Phi) is 6.01. The van der Waals surface area contributed by atoms with Crippen molar-refractivity contribution in [2.24, 2.45) is 0 Å². The predicted octanol–water partition coefficient (Wildman–Crippen LogP) is 2.24. The maximum absolute atomic E-state index is 12.1. The highest BCUT2D eigenvalue weighted by Crippen LogP contribution is 2.06. The van der Waals surface area contributed by atoms with Crippen LogP contribution in [0.25, 0.3) is 0 Å². The van der Waals surface area contributed by atoms with E-state index in [4.69, 9.17) is 0 Å². The first kappa shape index (κ1) is 17.6. The number of hydrogen-bond donors (Lipinski definition) is 2. The summed E-state index contributed by atoms with van der Waals surface area (Å²) in [7, 11) is 0. The van der Waals surface area contributed by atoms with Gasteiger partial charge in [-0.05, 0) is 38.0 Å². The van der Waals surface area contributed by atoms with E-state index in [1.54, 1.807) is 24.4 Å². The number of benzene rings is 1. The molecule has 1 aromatic heterocycles. The van der Waals surface area contributed by atoms with Crippen molar-refractivity contribution in [3.05, 3.63) is 59.2 Å². The normalized spacial score (nSPS) is 11.6. The van der Waals surface area contributed by atoms with Crippen molar-refractivity contribution >= 4 is 11.8 Å². The van der Waals surface area contributed by atoms with E-state index >= 15 is 0 Å². The average molecular weight is 326 g/mol. The second kappa shape index (κ2) is 8.19. The predicted molar refractivity (Wildman–Crippen MR) is 91.6 cm³/mol. The molecular weight excluding hydrogens is 304 g/mol. The topological polar surface area (TPSA) is 84.0 Å². The molecular formula is C18H22N4O2. The van der Waals surface area contributed by atoms with Gasteiger partial charge in [-0.25, -0.2) is 4.98 Å². The van der Waals surface area contributed by atoms with E-state index in [-0.39, 0.29) is 23.6 Å². The fraction of sp³-hybridized carbons (Fsp3) is 0.333. The quantitative estimate of drug-likeness (QED) is 0.853.